The minimum absolute atomic E-state index is 0.0508. The van der Waals surface area contributed by atoms with Crippen LogP contribution in [0.1, 0.15) is 5.56 Å². The van der Waals surface area contributed by atoms with Gasteiger partial charge in [0, 0.05) is 24.0 Å². The van der Waals surface area contributed by atoms with Crippen LogP contribution in [0.5, 0.6) is 0 Å². The number of nitrogens with two attached hydrogens (primary N) is 2. The van der Waals surface area contributed by atoms with E-state index in [1.165, 1.54) is 0 Å². The Bertz CT molecular complexity index is 300. The van der Waals surface area contributed by atoms with E-state index < -0.39 is 5.67 Å². The van der Waals surface area contributed by atoms with Crippen molar-refractivity contribution >= 4 is 15.9 Å². The SMILES string of the molecule is NCC(F)(CN)Cc1ccccc1Br. The van der Waals surface area contributed by atoms with Gasteiger partial charge in [0.15, 0.2) is 0 Å². The van der Waals surface area contributed by atoms with Gasteiger partial charge in [0.2, 0.25) is 0 Å². The van der Waals surface area contributed by atoms with Crippen molar-refractivity contribution in [1.29, 1.82) is 0 Å². The number of benzene rings is 1. The van der Waals surface area contributed by atoms with E-state index in [0.29, 0.717) is 0 Å². The van der Waals surface area contributed by atoms with Crippen molar-refractivity contribution in [3.8, 4) is 0 Å². The van der Waals surface area contributed by atoms with Gasteiger partial charge < -0.3 is 11.5 Å². The Morgan fingerprint density at radius 3 is 2.29 bits per heavy atom. The fraction of sp³-hybridized carbons (Fsp3) is 0.400. The largest absolute Gasteiger partial charge is 0.327 e. The Balaban J connectivity index is 2.82. The zero-order valence-electron chi connectivity index (χ0n) is 7.84. The molecule has 1 rings (SSSR count). The lowest BCUT2D eigenvalue weighted by atomic mass is 9.96. The third-order valence-corrected chi connectivity index (χ3v) is 2.97. The molecule has 0 aliphatic carbocycles. The van der Waals surface area contributed by atoms with E-state index in [2.05, 4.69) is 15.9 Å². The molecule has 0 unspecified atom stereocenters. The highest BCUT2D eigenvalue weighted by Gasteiger charge is 2.27. The standard InChI is InChI=1S/C10H14BrFN2/c11-9-4-2-1-3-8(9)5-10(12,6-13)7-14/h1-4H,5-7,13-14H2. The van der Waals surface area contributed by atoms with Crippen molar-refractivity contribution in [2.75, 3.05) is 13.1 Å². The monoisotopic (exact) mass is 260 g/mol. The Labute approximate surface area is 91.6 Å². The van der Waals surface area contributed by atoms with Crippen molar-refractivity contribution in [3.05, 3.63) is 34.3 Å². The maximum atomic E-state index is 13.8. The summed E-state index contributed by atoms with van der Waals surface area (Å²) >= 11 is 3.36. The molecule has 0 heterocycles. The van der Waals surface area contributed by atoms with Crippen molar-refractivity contribution in [2.24, 2.45) is 11.5 Å². The second-order valence-electron chi connectivity index (χ2n) is 3.33. The molecule has 4 N–H and O–H groups in total. The van der Waals surface area contributed by atoms with Crippen LogP contribution < -0.4 is 11.5 Å². The van der Waals surface area contributed by atoms with E-state index in [1.807, 2.05) is 24.3 Å². The molecular weight excluding hydrogens is 247 g/mol. The van der Waals surface area contributed by atoms with Crippen LogP contribution in [-0.4, -0.2) is 18.8 Å². The first-order chi connectivity index (χ1) is 6.61. The van der Waals surface area contributed by atoms with Crippen LogP contribution in [0.4, 0.5) is 4.39 Å². The summed E-state index contributed by atoms with van der Waals surface area (Å²) in [7, 11) is 0. The molecular formula is C10H14BrFN2. The fourth-order valence-corrected chi connectivity index (χ4v) is 1.64. The number of hydrogen-bond acceptors (Lipinski definition) is 2. The fourth-order valence-electron chi connectivity index (χ4n) is 1.21. The molecule has 78 valence electrons. The van der Waals surface area contributed by atoms with E-state index in [1.54, 1.807) is 0 Å². The predicted molar refractivity (Wildman–Crippen MR) is 59.8 cm³/mol. The Morgan fingerprint density at radius 2 is 1.79 bits per heavy atom. The summed E-state index contributed by atoms with van der Waals surface area (Å²) in [6.45, 7) is -0.102. The molecule has 14 heavy (non-hydrogen) atoms. The quantitative estimate of drug-likeness (QED) is 0.865. The normalized spacial score (nSPS) is 11.7. The highest BCUT2D eigenvalue weighted by atomic mass is 79.9. The third-order valence-electron chi connectivity index (χ3n) is 2.20. The minimum Gasteiger partial charge on any atom is -0.327 e. The van der Waals surface area contributed by atoms with Crippen molar-refractivity contribution < 1.29 is 4.39 Å². The van der Waals surface area contributed by atoms with Crippen LogP contribution in [0.15, 0.2) is 28.7 Å². The Hall–Kier alpha value is -0.450. The highest BCUT2D eigenvalue weighted by Crippen LogP contribution is 2.22. The zero-order valence-corrected chi connectivity index (χ0v) is 9.43. The average Bonchev–Trinajstić information content (AvgIpc) is 2.21. The molecule has 0 saturated heterocycles. The highest BCUT2D eigenvalue weighted by molar-refractivity contribution is 9.10. The molecule has 4 heteroatoms. The van der Waals surface area contributed by atoms with Gasteiger partial charge in [0.05, 0.1) is 0 Å². The van der Waals surface area contributed by atoms with Crippen LogP contribution in [0.2, 0.25) is 0 Å². The second kappa shape index (κ2) is 4.87. The molecule has 0 aliphatic heterocycles. The van der Waals surface area contributed by atoms with Crippen molar-refractivity contribution in [1.82, 2.24) is 0 Å². The third kappa shape index (κ3) is 2.77. The molecule has 0 bridgehead atoms. The molecule has 0 fully saturated rings. The zero-order chi connectivity index (χ0) is 10.6. The van der Waals surface area contributed by atoms with Gasteiger partial charge in [-0.05, 0) is 11.6 Å². The van der Waals surface area contributed by atoms with Crippen LogP contribution in [0.25, 0.3) is 0 Å². The van der Waals surface area contributed by atoms with Gasteiger partial charge in [-0.1, -0.05) is 34.1 Å². The first-order valence-corrected chi connectivity index (χ1v) is 5.23. The lowest BCUT2D eigenvalue weighted by molar-refractivity contribution is 0.183. The summed E-state index contributed by atoms with van der Waals surface area (Å²) in [6.07, 6.45) is 0.251. The van der Waals surface area contributed by atoms with Crippen molar-refractivity contribution in [3.63, 3.8) is 0 Å². The van der Waals surface area contributed by atoms with Gasteiger partial charge >= 0.3 is 0 Å². The predicted octanol–water partition coefficient (Wildman–Crippen LogP) is 1.62. The summed E-state index contributed by atoms with van der Waals surface area (Å²) in [6, 6.07) is 7.50. The molecule has 1 aromatic rings. The Kier molecular flexibility index (Phi) is 4.04. The molecule has 0 radical (unpaired) electrons. The molecule has 1 aromatic carbocycles. The molecule has 0 aliphatic rings. The van der Waals surface area contributed by atoms with Crippen molar-refractivity contribution in [2.45, 2.75) is 12.1 Å². The van der Waals surface area contributed by atoms with Crippen LogP contribution in [0, 0.1) is 0 Å². The van der Waals surface area contributed by atoms with E-state index in [0.717, 1.165) is 10.0 Å². The number of hydrogen-bond donors (Lipinski definition) is 2. The van der Waals surface area contributed by atoms with Crippen LogP contribution in [-0.2, 0) is 6.42 Å². The summed E-state index contributed by atoms with van der Waals surface area (Å²) in [5.41, 5.74) is 10.1. The van der Waals surface area contributed by atoms with Gasteiger partial charge in [-0.15, -0.1) is 0 Å². The minimum atomic E-state index is -1.50. The van der Waals surface area contributed by atoms with E-state index in [-0.39, 0.29) is 19.5 Å². The van der Waals surface area contributed by atoms with Crippen LogP contribution in [0.3, 0.4) is 0 Å². The van der Waals surface area contributed by atoms with Gasteiger partial charge in [-0.25, -0.2) is 4.39 Å². The maximum absolute atomic E-state index is 13.8. The van der Waals surface area contributed by atoms with Crippen LogP contribution >= 0.6 is 15.9 Å². The first-order valence-electron chi connectivity index (χ1n) is 4.44. The average molecular weight is 261 g/mol. The Morgan fingerprint density at radius 1 is 1.21 bits per heavy atom. The number of halogens is 2. The molecule has 0 amide bonds. The summed E-state index contributed by atoms with van der Waals surface area (Å²) in [5.74, 6) is 0. The number of alkyl halides is 1. The number of rotatable bonds is 4. The molecule has 0 saturated carbocycles. The second-order valence-corrected chi connectivity index (χ2v) is 4.18. The molecule has 0 spiro atoms. The van der Waals surface area contributed by atoms with E-state index in [9.17, 15) is 4.39 Å². The molecule has 0 atom stereocenters. The summed E-state index contributed by atoms with van der Waals surface area (Å²) in [4.78, 5) is 0. The van der Waals surface area contributed by atoms with Gasteiger partial charge in [0.25, 0.3) is 0 Å². The van der Waals surface area contributed by atoms with Gasteiger partial charge in [-0.3, -0.25) is 0 Å². The van der Waals surface area contributed by atoms with E-state index >= 15 is 0 Å². The molecule has 0 aromatic heterocycles. The molecule has 2 nitrogen and oxygen atoms in total. The topological polar surface area (TPSA) is 52.0 Å². The smallest absolute Gasteiger partial charge is 0.139 e. The summed E-state index contributed by atoms with van der Waals surface area (Å²) < 4.78 is 14.7. The van der Waals surface area contributed by atoms with E-state index in [4.69, 9.17) is 11.5 Å². The summed E-state index contributed by atoms with van der Waals surface area (Å²) in [5, 5.41) is 0. The van der Waals surface area contributed by atoms with Gasteiger partial charge in [0.1, 0.15) is 5.67 Å². The van der Waals surface area contributed by atoms with Gasteiger partial charge in [-0.2, -0.15) is 0 Å². The lowest BCUT2D eigenvalue weighted by Gasteiger charge is -2.22. The maximum Gasteiger partial charge on any atom is 0.139 e. The first kappa shape index (κ1) is 11.6. The lowest BCUT2D eigenvalue weighted by Crippen LogP contribution is -2.42.